The zero-order valence-electron chi connectivity index (χ0n) is 14.0. The van der Waals surface area contributed by atoms with Crippen LogP contribution in [-0.2, 0) is 0 Å². The predicted octanol–water partition coefficient (Wildman–Crippen LogP) is 5.55. The molecule has 4 atom stereocenters. The van der Waals surface area contributed by atoms with Gasteiger partial charge in [0.25, 0.3) is 0 Å². The lowest BCUT2D eigenvalue weighted by molar-refractivity contribution is 0.310. The van der Waals surface area contributed by atoms with Gasteiger partial charge >= 0.3 is 0 Å². The summed E-state index contributed by atoms with van der Waals surface area (Å²) in [7, 11) is 0. The lowest BCUT2D eigenvalue weighted by atomic mass is 9.82. The Morgan fingerprint density at radius 3 is 1.75 bits per heavy atom. The summed E-state index contributed by atoms with van der Waals surface area (Å²) in [5.74, 6) is 2.16. The van der Waals surface area contributed by atoms with Gasteiger partial charge in [0.2, 0.25) is 0 Å². The van der Waals surface area contributed by atoms with E-state index >= 15 is 0 Å². The average molecular weight is 276 g/mol. The molecule has 20 heavy (non-hydrogen) atoms. The summed E-state index contributed by atoms with van der Waals surface area (Å²) in [6, 6.07) is 4.78. The van der Waals surface area contributed by atoms with E-state index < -0.39 is 0 Å². The SMILES string of the molecule is CCCC(C#N)CC(C#N)CC(C)CC(C)CC(C)C. The van der Waals surface area contributed by atoms with Gasteiger partial charge in [-0.1, -0.05) is 41.0 Å². The Hall–Kier alpha value is -1.02. The average Bonchev–Trinajstić information content (AvgIpc) is 2.35. The fraction of sp³-hybridized carbons (Fsp3) is 0.889. The molecule has 2 heteroatoms. The van der Waals surface area contributed by atoms with Gasteiger partial charge < -0.3 is 0 Å². The van der Waals surface area contributed by atoms with E-state index in [1.165, 1.54) is 12.8 Å². The second-order valence-electron chi connectivity index (χ2n) is 6.99. The third kappa shape index (κ3) is 8.98. The predicted molar refractivity (Wildman–Crippen MR) is 84.7 cm³/mol. The molecule has 0 aromatic carbocycles. The molecule has 0 bridgehead atoms. The van der Waals surface area contributed by atoms with Crippen LogP contribution in [-0.4, -0.2) is 0 Å². The summed E-state index contributed by atoms with van der Waals surface area (Å²) in [6.45, 7) is 11.2. The van der Waals surface area contributed by atoms with Gasteiger partial charge in [0, 0.05) is 11.8 Å². The standard InChI is InChI=1S/C18H32N2/c1-6-7-17(12-19)11-18(13-20)10-16(5)9-15(4)8-14(2)3/h14-18H,6-11H2,1-5H3. The molecular weight excluding hydrogens is 244 g/mol. The summed E-state index contributed by atoms with van der Waals surface area (Å²) in [5, 5.41) is 18.4. The molecule has 0 saturated heterocycles. The minimum absolute atomic E-state index is 0.0486. The van der Waals surface area contributed by atoms with Crippen molar-refractivity contribution < 1.29 is 0 Å². The van der Waals surface area contributed by atoms with Gasteiger partial charge in [-0.15, -0.1) is 0 Å². The maximum Gasteiger partial charge on any atom is 0.0656 e. The van der Waals surface area contributed by atoms with E-state index in [0.29, 0.717) is 5.92 Å². The molecule has 2 nitrogen and oxygen atoms in total. The van der Waals surface area contributed by atoms with Crippen LogP contribution in [0.2, 0.25) is 0 Å². The van der Waals surface area contributed by atoms with E-state index in [0.717, 1.165) is 37.5 Å². The van der Waals surface area contributed by atoms with Gasteiger partial charge in [-0.25, -0.2) is 0 Å². The van der Waals surface area contributed by atoms with Crippen molar-refractivity contribution in [2.75, 3.05) is 0 Å². The normalized spacial score (nSPS) is 17.0. The van der Waals surface area contributed by atoms with E-state index in [4.69, 9.17) is 5.26 Å². The molecule has 0 N–H and O–H groups in total. The van der Waals surface area contributed by atoms with E-state index in [1.807, 2.05) is 0 Å². The van der Waals surface area contributed by atoms with E-state index in [9.17, 15) is 5.26 Å². The Morgan fingerprint density at radius 1 is 0.750 bits per heavy atom. The molecule has 0 aliphatic heterocycles. The first-order valence-corrected chi connectivity index (χ1v) is 8.22. The van der Waals surface area contributed by atoms with Crippen LogP contribution in [0.5, 0.6) is 0 Å². The zero-order valence-corrected chi connectivity index (χ0v) is 14.0. The van der Waals surface area contributed by atoms with E-state index in [2.05, 4.69) is 46.8 Å². The van der Waals surface area contributed by atoms with Crippen LogP contribution in [0.25, 0.3) is 0 Å². The van der Waals surface area contributed by atoms with E-state index in [-0.39, 0.29) is 11.8 Å². The minimum Gasteiger partial charge on any atom is -0.198 e. The molecule has 0 radical (unpaired) electrons. The maximum absolute atomic E-state index is 9.31. The van der Waals surface area contributed by atoms with Crippen LogP contribution in [0.1, 0.15) is 73.1 Å². The van der Waals surface area contributed by atoms with Crippen molar-refractivity contribution in [1.82, 2.24) is 0 Å². The molecule has 0 heterocycles. The lowest BCUT2D eigenvalue weighted by Crippen LogP contribution is -2.13. The molecule has 0 rings (SSSR count). The second-order valence-corrected chi connectivity index (χ2v) is 6.99. The topological polar surface area (TPSA) is 47.6 Å². The quantitative estimate of drug-likeness (QED) is 0.525. The first-order valence-electron chi connectivity index (χ1n) is 8.22. The number of nitriles is 2. The first-order chi connectivity index (χ1) is 9.42. The zero-order chi connectivity index (χ0) is 15.5. The van der Waals surface area contributed by atoms with Crippen LogP contribution < -0.4 is 0 Å². The molecule has 0 saturated carbocycles. The molecule has 0 fully saturated rings. The fourth-order valence-corrected chi connectivity index (χ4v) is 3.30. The number of hydrogen-bond donors (Lipinski definition) is 0. The van der Waals surface area contributed by atoms with Crippen molar-refractivity contribution in [2.45, 2.75) is 73.1 Å². The first kappa shape index (κ1) is 19.0. The van der Waals surface area contributed by atoms with Crippen LogP contribution in [0.15, 0.2) is 0 Å². The minimum atomic E-state index is 0.0486. The molecule has 0 spiro atoms. The van der Waals surface area contributed by atoms with Crippen LogP contribution in [0, 0.1) is 52.3 Å². The fourth-order valence-electron chi connectivity index (χ4n) is 3.30. The Balaban J connectivity index is 4.22. The lowest BCUT2D eigenvalue weighted by Gasteiger charge is -2.21. The summed E-state index contributed by atoms with van der Waals surface area (Å²) < 4.78 is 0. The van der Waals surface area contributed by atoms with Crippen molar-refractivity contribution in [3.05, 3.63) is 0 Å². The van der Waals surface area contributed by atoms with Gasteiger partial charge in [0.05, 0.1) is 12.1 Å². The highest BCUT2D eigenvalue weighted by Gasteiger charge is 2.19. The molecule has 114 valence electrons. The highest BCUT2D eigenvalue weighted by molar-refractivity contribution is 4.92. The Morgan fingerprint density at radius 2 is 1.30 bits per heavy atom. The highest BCUT2D eigenvalue weighted by atomic mass is 14.3. The largest absolute Gasteiger partial charge is 0.198 e. The summed E-state index contributed by atoms with van der Waals surface area (Å²) in [6.07, 6.45) is 6.11. The molecule has 4 unspecified atom stereocenters. The highest BCUT2D eigenvalue weighted by Crippen LogP contribution is 2.27. The smallest absolute Gasteiger partial charge is 0.0656 e. The summed E-state index contributed by atoms with van der Waals surface area (Å²) in [4.78, 5) is 0. The van der Waals surface area contributed by atoms with Crippen molar-refractivity contribution in [1.29, 1.82) is 10.5 Å². The monoisotopic (exact) mass is 276 g/mol. The van der Waals surface area contributed by atoms with Gasteiger partial charge in [-0.3, -0.25) is 0 Å². The Bertz CT molecular complexity index is 321. The molecule has 0 aliphatic carbocycles. The molecule has 0 aromatic rings. The van der Waals surface area contributed by atoms with Crippen LogP contribution in [0.3, 0.4) is 0 Å². The van der Waals surface area contributed by atoms with Crippen molar-refractivity contribution in [3.8, 4) is 12.1 Å². The van der Waals surface area contributed by atoms with Crippen molar-refractivity contribution >= 4 is 0 Å². The molecule has 0 aromatic heterocycles. The Kier molecular flexibility index (Phi) is 10.2. The van der Waals surface area contributed by atoms with Gasteiger partial charge in [-0.05, 0) is 49.9 Å². The number of hydrogen-bond acceptors (Lipinski definition) is 2. The summed E-state index contributed by atoms with van der Waals surface area (Å²) in [5.41, 5.74) is 0. The third-order valence-corrected chi connectivity index (χ3v) is 3.94. The third-order valence-electron chi connectivity index (χ3n) is 3.94. The van der Waals surface area contributed by atoms with Gasteiger partial charge in [-0.2, -0.15) is 10.5 Å². The van der Waals surface area contributed by atoms with Crippen molar-refractivity contribution in [3.63, 3.8) is 0 Å². The maximum atomic E-state index is 9.31. The van der Waals surface area contributed by atoms with Gasteiger partial charge in [0.15, 0.2) is 0 Å². The van der Waals surface area contributed by atoms with Crippen LogP contribution >= 0.6 is 0 Å². The molecule has 0 aliphatic rings. The van der Waals surface area contributed by atoms with Crippen LogP contribution in [0.4, 0.5) is 0 Å². The molecular formula is C18H32N2. The Labute approximate surface area is 126 Å². The molecule has 0 amide bonds. The van der Waals surface area contributed by atoms with Gasteiger partial charge in [0.1, 0.15) is 0 Å². The van der Waals surface area contributed by atoms with E-state index in [1.54, 1.807) is 0 Å². The second kappa shape index (κ2) is 10.7. The number of rotatable bonds is 10. The van der Waals surface area contributed by atoms with Crippen molar-refractivity contribution in [2.24, 2.45) is 29.6 Å². The number of nitrogens with zero attached hydrogens (tertiary/aromatic N) is 2. The summed E-state index contributed by atoms with van der Waals surface area (Å²) >= 11 is 0.